The van der Waals surface area contributed by atoms with Gasteiger partial charge in [-0.15, -0.1) is 0 Å². The monoisotopic (exact) mass is 516 g/mol. The SMILES string of the molecule is ONC(O)CCCCCCNC1OC1C1CCCC(C(O)(C2CCC(F)CC2)C2CCC(F)CC2)C1. The van der Waals surface area contributed by atoms with Gasteiger partial charge >= 0.3 is 0 Å². The van der Waals surface area contributed by atoms with E-state index < -0.39 is 24.2 Å². The number of unbranched alkanes of at least 4 members (excludes halogenated alkanes) is 3. The molecule has 1 heterocycles. The minimum Gasteiger partial charge on any atom is -0.389 e. The molecule has 8 heteroatoms. The molecule has 0 aromatic rings. The van der Waals surface area contributed by atoms with Crippen LogP contribution >= 0.6 is 0 Å². The molecule has 5 unspecified atom stereocenters. The van der Waals surface area contributed by atoms with Crippen molar-refractivity contribution in [3.8, 4) is 0 Å². The third kappa shape index (κ3) is 7.38. The van der Waals surface area contributed by atoms with Crippen LogP contribution in [-0.2, 0) is 4.74 Å². The Balaban J connectivity index is 1.25. The molecule has 0 aromatic heterocycles. The highest BCUT2D eigenvalue weighted by Gasteiger charge is 2.54. The van der Waals surface area contributed by atoms with E-state index in [0.29, 0.717) is 38.0 Å². The van der Waals surface area contributed by atoms with Gasteiger partial charge in [-0.3, -0.25) is 5.32 Å². The zero-order valence-corrected chi connectivity index (χ0v) is 21.9. The zero-order valence-electron chi connectivity index (χ0n) is 21.9. The van der Waals surface area contributed by atoms with Crippen molar-refractivity contribution in [3.63, 3.8) is 0 Å². The van der Waals surface area contributed by atoms with E-state index in [-0.39, 0.29) is 30.1 Å². The molecule has 0 spiro atoms. The summed E-state index contributed by atoms with van der Waals surface area (Å²) in [5.41, 5.74) is 1.06. The van der Waals surface area contributed by atoms with Crippen LogP contribution < -0.4 is 10.8 Å². The average Bonchev–Trinajstić information content (AvgIpc) is 3.68. The highest BCUT2D eigenvalue weighted by Crippen LogP contribution is 2.53. The number of halogens is 2. The molecule has 1 aliphatic heterocycles. The van der Waals surface area contributed by atoms with Gasteiger partial charge in [0.25, 0.3) is 0 Å². The molecular formula is C28H50F2N2O4. The highest BCUT2D eigenvalue weighted by atomic mass is 19.1. The molecular weight excluding hydrogens is 466 g/mol. The van der Waals surface area contributed by atoms with Crippen molar-refractivity contribution in [1.29, 1.82) is 0 Å². The first kappa shape index (κ1) is 28.6. The topological polar surface area (TPSA) is 97.3 Å². The molecule has 6 nitrogen and oxygen atoms in total. The van der Waals surface area contributed by atoms with Crippen molar-refractivity contribution in [2.24, 2.45) is 23.7 Å². The average molecular weight is 517 g/mol. The second-order valence-electron chi connectivity index (χ2n) is 12.2. The molecule has 3 saturated carbocycles. The van der Waals surface area contributed by atoms with E-state index in [1.165, 1.54) is 0 Å². The molecule has 0 aromatic carbocycles. The van der Waals surface area contributed by atoms with Gasteiger partial charge in [0.05, 0.1) is 5.60 Å². The van der Waals surface area contributed by atoms with Gasteiger partial charge in [0.15, 0.2) is 0 Å². The number of epoxide rings is 1. The Bertz CT molecular complexity index is 621. The lowest BCUT2D eigenvalue weighted by Gasteiger charge is -2.52. The van der Waals surface area contributed by atoms with Gasteiger partial charge in [-0.05, 0) is 120 Å². The largest absolute Gasteiger partial charge is 0.389 e. The van der Waals surface area contributed by atoms with Crippen LogP contribution in [-0.4, -0.2) is 58.5 Å². The molecule has 4 rings (SSSR count). The lowest BCUT2D eigenvalue weighted by molar-refractivity contribution is -0.152. The van der Waals surface area contributed by atoms with Crippen molar-refractivity contribution in [2.75, 3.05) is 6.54 Å². The summed E-state index contributed by atoms with van der Waals surface area (Å²) in [5, 5.41) is 33.9. The van der Waals surface area contributed by atoms with E-state index in [1.807, 2.05) is 5.48 Å². The first-order valence-corrected chi connectivity index (χ1v) is 14.9. The van der Waals surface area contributed by atoms with Crippen LogP contribution in [0.3, 0.4) is 0 Å². The van der Waals surface area contributed by atoms with Gasteiger partial charge in [0.2, 0.25) is 0 Å². The van der Waals surface area contributed by atoms with E-state index in [4.69, 9.17) is 9.94 Å². The number of aliphatic hydroxyl groups excluding tert-OH is 1. The number of aliphatic hydroxyl groups is 2. The van der Waals surface area contributed by atoms with Gasteiger partial charge in [-0.1, -0.05) is 19.3 Å². The summed E-state index contributed by atoms with van der Waals surface area (Å²) >= 11 is 0. The zero-order chi connectivity index (χ0) is 25.5. The Labute approximate surface area is 215 Å². The van der Waals surface area contributed by atoms with Gasteiger partial charge in [0.1, 0.15) is 30.9 Å². The first-order valence-electron chi connectivity index (χ1n) is 14.9. The summed E-state index contributed by atoms with van der Waals surface area (Å²) in [6, 6.07) is 0. The van der Waals surface area contributed by atoms with Crippen LogP contribution in [0.5, 0.6) is 0 Å². The second kappa shape index (κ2) is 13.6. The fourth-order valence-electron chi connectivity index (χ4n) is 7.75. The summed E-state index contributed by atoms with van der Waals surface area (Å²) in [6.45, 7) is 0.904. The molecule has 3 aliphatic carbocycles. The molecule has 5 N–H and O–H groups in total. The van der Waals surface area contributed by atoms with E-state index in [2.05, 4.69) is 5.32 Å². The summed E-state index contributed by atoms with van der Waals surface area (Å²) in [7, 11) is 0. The van der Waals surface area contributed by atoms with Crippen LogP contribution in [0.2, 0.25) is 0 Å². The Hall–Kier alpha value is -0.380. The molecule has 1 saturated heterocycles. The second-order valence-corrected chi connectivity index (χ2v) is 12.2. The maximum absolute atomic E-state index is 14.0. The summed E-state index contributed by atoms with van der Waals surface area (Å²) < 4.78 is 34.0. The van der Waals surface area contributed by atoms with Gasteiger partial charge < -0.3 is 20.2 Å². The van der Waals surface area contributed by atoms with E-state index >= 15 is 0 Å². The number of hydroxylamine groups is 1. The lowest BCUT2D eigenvalue weighted by Crippen LogP contribution is -2.54. The van der Waals surface area contributed by atoms with Crippen LogP contribution in [0.1, 0.15) is 109 Å². The van der Waals surface area contributed by atoms with Gasteiger partial charge in [-0.25, -0.2) is 8.78 Å². The third-order valence-corrected chi connectivity index (χ3v) is 9.88. The molecule has 0 bridgehead atoms. The molecule has 36 heavy (non-hydrogen) atoms. The molecule has 210 valence electrons. The Kier molecular flexibility index (Phi) is 10.8. The van der Waals surface area contributed by atoms with Crippen molar-refractivity contribution in [3.05, 3.63) is 0 Å². The number of nitrogens with one attached hydrogen (secondary N) is 2. The lowest BCUT2D eigenvalue weighted by atomic mass is 9.57. The quantitative estimate of drug-likeness (QED) is 0.101. The fraction of sp³-hybridized carbons (Fsp3) is 1.00. The summed E-state index contributed by atoms with van der Waals surface area (Å²) in [6.07, 6.45) is 12.0. The van der Waals surface area contributed by atoms with E-state index in [9.17, 15) is 19.0 Å². The number of rotatable bonds is 13. The molecule has 4 aliphatic rings. The standard InChI is InChI=1S/C28H50F2N2O4/c29-23-13-9-20(10-14-23)28(34,21-11-15-24(30)16-12-21)22-7-5-6-19(18-22)26-27(36-26)31-17-4-2-1-3-8-25(33)32-35/h19-27,31-35H,1-18H2. The molecule has 5 atom stereocenters. The van der Waals surface area contributed by atoms with Gasteiger partial charge in [0, 0.05) is 0 Å². The van der Waals surface area contributed by atoms with Crippen LogP contribution in [0.25, 0.3) is 0 Å². The smallest absolute Gasteiger partial charge is 0.135 e. The van der Waals surface area contributed by atoms with Crippen LogP contribution in [0.15, 0.2) is 0 Å². The van der Waals surface area contributed by atoms with Crippen LogP contribution in [0, 0.1) is 23.7 Å². The molecule has 4 fully saturated rings. The van der Waals surface area contributed by atoms with E-state index in [1.54, 1.807) is 0 Å². The minimum absolute atomic E-state index is 0.103. The summed E-state index contributed by atoms with van der Waals surface area (Å²) in [5.74, 6) is 0.915. The highest BCUT2D eigenvalue weighted by molar-refractivity contribution is 5.04. The minimum atomic E-state index is -0.835. The van der Waals surface area contributed by atoms with Crippen molar-refractivity contribution in [1.82, 2.24) is 10.8 Å². The van der Waals surface area contributed by atoms with Gasteiger partial charge in [-0.2, -0.15) is 5.48 Å². The third-order valence-electron chi connectivity index (χ3n) is 9.88. The van der Waals surface area contributed by atoms with Crippen molar-refractivity contribution >= 4 is 0 Å². The van der Waals surface area contributed by atoms with Crippen molar-refractivity contribution < 1.29 is 28.9 Å². The Morgan fingerprint density at radius 2 is 1.42 bits per heavy atom. The van der Waals surface area contributed by atoms with Crippen LogP contribution in [0.4, 0.5) is 8.78 Å². The van der Waals surface area contributed by atoms with Crippen molar-refractivity contribution in [2.45, 2.75) is 146 Å². The number of hydrogen-bond donors (Lipinski definition) is 5. The predicted molar refractivity (Wildman–Crippen MR) is 135 cm³/mol. The number of alkyl halides is 2. The first-order chi connectivity index (χ1) is 17.4. The Morgan fingerprint density at radius 1 is 0.806 bits per heavy atom. The predicted octanol–water partition coefficient (Wildman–Crippen LogP) is 5.14. The Morgan fingerprint density at radius 3 is 2.03 bits per heavy atom. The summed E-state index contributed by atoms with van der Waals surface area (Å²) in [4.78, 5) is 0. The normalized spacial score (nSPS) is 39.9. The number of ether oxygens (including phenoxy) is 1. The maximum atomic E-state index is 14.0. The maximum Gasteiger partial charge on any atom is 0.135 e. The van der Waals surface area contributed by atoms with E-state index in [0.717, 1.165) is 83.6 Å². The number of hydrogen-bond acceptors (Lipinski definition) is 6. The molecule has 0 amide bonds. The molecule has 0 radical (unpaired) electrons. The fourth-order valence-corrected chi connectivity index (χ4v) is 7.75.